The lowest BCUT2D eigenvalue weighted by atomic mass is 10.1. The summed E-state index contributed by atoms with van der Waals surface area (Å²) in [5, 5.41) is 0. The highest BCUT2D eigenvalue weighted by Crippen LogP contribution is 2.50. The molecule has 0 heterocycles. The molecule has 0 unspecified atom stereocenters. The Morgan fingerprint density at radius 2 is 1.62 bits per heavy atom. The predicted octanol–water partition coefficient (Wildman–Crippen LogP) is 3.29. The largest absolute Gasteiger partial charge is 0.338 e. The fourth-order valence-corrected chi connectivity index (χ4v) is 3.41. The normalized spacial score (nSPS) is 11.9. The van der Waals surface area contributed by atoms with Crippen molar-refractivity contribution in [2.24, 2.45) is 0 Å². The van der Waals surface area contributed by atoms with Crippen molar-refractivity contribution in [1.29, 1.82) is 0 Å². The van der Waals surface area contributed by atoms with Gasteiger partial charge in [0.1, 0.15) is 0 Å². The maximum absolute atomic E-state index is 8.90. The summed E-state index contributed by atoms with van der Waals surface area (Å²) < 4.78 is 0. The van der Waals surface area contributed by atoms with E-state index in [4.69, 9.17) is 9.79 Å². The van der Waals surface area contributed by atoms with Crippen LogP contribution >= 0.6 is 17.1 Å². The van der Waals surface area contributed by atoms with Gasteiger partial charge in [0.05, 0.1) is 0 Å². The summed E-state index contributed by atoms with van der Waals surface area (Å²) in [7, 11) is 0. The van der Waals surface area contributed by atoms with Gasteiger partial charge in [-0.3, -0.25) is 0 Å². The van der Waals surface area contributed by atoms with Crippen LogP contribution in [-0.4, -0.2) is 15.5 Å². The molecule has 0 fully saturated rings. The first-order valence-electron chi connectivity index (χ1n) is 4.76. The third-order valence-electron chi connectivity index (χ3n) is 1.76. The molecule has 80 valence electrons. The van der Waals surface area contributed by atoms with E-state index in [0.717, 1.165) is 23.6 Å². The molecule has 0 aromatic carbocycles. The van der Waals surface area contributed by atoms with Gasteiger partial charge in [-0.25, -0.2) is 0 Å². The van der Waals surface area contributed by atoms with Crippen LogP contribution in [0.2, 0.25) is 0 Å². The summed E-state index contributed by atoms with van der Waals surface area (Å²) in [5.74, 6) is 0.788. The van der Waals surface area contributed by atoms with Gasteiger partial charge in [-0.2, -0.15) is 0 Å². The first-order chi connectivity index (χ1) is 6.06. The lowest BCUT2D eigenvalue weighted by Crippen LogP contribution is -1.82. The smallest absolute Gasteiger partial charge is 0.242 e. The Morgan fingerprint density at radius 1 is 1.08 bits per heavy atom. The minimum atomic E-state index is -2.98. The fourth-order valence-electron chi connectivity index (χ4n) is 1.07. The van der Waals surface area contributed by atoms with Crippen molar-refractivity contribution in [3.05, 3.63) is 0 Å². The molecule has 0 aliphatic heterocycles. The third-order valence-corrected chi connectivity index (χ3v) is 5.07. The maximum Gasteiger partial charge on any atom is 0.242 e. The molecule has 0 atom stereocenters. The van der Waals surface area contributed by atoms with Gasteiger partial charge in [-0.05, 0) is 18.2 Å². The van der Waals surface area contributed by atoms with Gasteiger partial charge in [0.25, 0.3) is 0 Å². The van der Waals surface area contributed by atoms with Gasteiger partial charge in [0.2, 0.25) is 5.69 Å². The van der Waals surface area contributed by atoms with Crippen molar-refractivity contribution in [3.63, 3.8) is 0 Å². The second kappa shape index (κ2) is 8.25. The summed E-state index contributed by atoms with van der Waals surface area (Å²) in [6, 6.07) is 0. The molecule has 0 aliphatic carbocycles. The lowest BCUT2D eigenvalue weighted by Gasteiger charge is -2.05. The van der Waals surface area contributed by atoms with Gasteiger partial charge in [0.15, 0.2) is 0 Å². The van der Waals surface area contributed by atoms with E-state index in [1.165, 1.54) is 32.1 Å². The molecule has 13 heavy (non-hydrogen) atoms. The van der Waals surface area contributed by atoms with Crippen LogP contribution in [0.25, 0.3) is 0 Å². The van der Waals surface area contributed by atoms with Crippen molar-refractivity contribution in [3.8, 4) is 0 Å². The second-order valence-corrected chi connectivity index (χ2v) is 9.26. The molecule has 2 nitrogen and oxygen atoms in total. The molecule has 0 amide bonds. The number of hydrogen-bond donors (Lipinski definition) is 2. The van der Waals surface area contributed by atoms with Gasteiger partial charge in [-0.15, -0.1) is 0 Å². The zero-order valence-corrected chi connectivity index (χ0v) is 10.6. The van der Waals surface area contributed by atoms with Crippen LogP contribution in [0.15, 0.2) is 0 Å². The number of rotatable bonds is 8. The highest BCUT2D eigenvalue weighted by Gasteiger charge is 2.06. The predicted molar refractivity (Wildman–Crippen MR) is 64.6 cm³/mol. The highest BCUT2D eigenvalue weighted by atomic mass is 32.9. The van der Waals surface area contributed by atoms with E-state index < -0.39 is 5.69 Å². The lowest BCUT2D eigenvalue weighted by molar-refractivity contribution is 0.502. The van der Waals surface area contributed by atoms with E-state index in [1.54, 1.807) is 0 Å². The molecule has 0 aromatic rings. The Labute approximate surface area is 90.0 Å². The average molecular weight is 242 g/mol. The van der Waals surface area contributed by atoms with Crippen molar-refractivity contribution in [2.75, 3.05) is 5.75 Å². The standard InChI is InChI=1S/C8H19O2PS2/c1-2-3-4-5-6-7-8-13-11(9,10)12/h2-8H2,1H3,(H2,9,10,12). The van der Waals surface area contributed by atoms with Crippen LogP contribution in [-0.2, 0) is 11.8 Å². The van der Waals surface area contributed by atoms with E-state index in [9.17, 15) is 0 Å². The Morgan fingerprint density at radius 3 is 2.15 bits per heavy atom. The van der Waals surface area contributed by atoms with Crippen molar-refractivity contribution in [1.82, 2.24) is 0 Å². The average Bonchev–Trinajstić information content (AvgIpc) is 2.01. The third kappa shape index (κ3) is 12.9. The highest BCUT2D eigenvalue weighted by molar-refractivity contribution is 8.67. The Hall–Kier alpha value is 0.920. The molecule has 0 aromatic heterocycles. The van der Waals surface area contributed by atoms with Gasteiger partial charge in [-0.1, -0.05) is 50.4 Å². The van der Waals surface area contributed by atoms with Crippen LogP contribution < -0.4 is 0 Å². The molecular weight excluding hydrogens is 223 g/mol. The summed E-state index contributed by atoms with van der Waals surface area (Å²) >= 11 is 5.62. The zero-order chi connectivity index (χ0) is 10.2. The molecule has 0 saturated carbocycles. The number of hydrogen-bond acceptors (Lipinski definition) is 2. The summed E-state index contributed by atoms with van der Waals surface area (Å²) in [5.41, 5.74) is -2.98. The van der Waals surface area contributed by atoms with Crippen LogP contribution in [0.5, 0.6) is 0 Å². The molecule has 0 rings (SSSR count). The van der Waals surface area contributed by atoms with E-state index in [-0.39, 0.29) is 0 Å². The van der Waals surface area contributed by atoms with Crippen LogP contribution in [0, 0.1) is 0 Å². The maximum atomic E-state index is 8.90. The fraction of sp³-hybridized carbons (Fsp3) is 1.00. The molecule has 0 radical (unpaired) electrons. The Kier molecular flexibility index (Phi) is 8.83. The minimum Gasteiger partial charge on any atom is -0.338 e. The monoisotopic (exact) mass is 242 g/mol. The minimum absolute atomic E-state index is 0.788. The van der Waals surface area contributed by atoms with E-state index >= 15 is 0 Å². The Bertz CT molecular complexity index is 158. The first-order valence-corrected chi connectivity index (χ1v) is 9.06. The zero-order valence-electron chi connectivity index (χ0n) is 8.11. The van der Waals surface area contributed by atoms with Crippen molar-refractivity contribution < 1.29 is 9.79 Å². The quantitative estimate of drug-likeness (QED) is 0.506. The first kappa shape index (κ1) is 13.9. The van der Waals surface area contributed by atoms with Gasteiger partial charge < -0.3 is 9.79 Å². The molecule has 0 spiro atoms. The van der Waals surface area contributed by atoms with Crippen LogP contribution in [0.4, 0.5) is 0 Å². The molecular formula is C8H19O2PS2. The van der Waals surface area contributed by atoms with Crippen molar-refractivity contribution in [2.45, 2.75) is 45.4 Å². The van der Waals surface area contributed by atoms with E-state index in [2.05, 4.69) is 18.7 Å². The summed E-state index contributed by atoms with van der Waals surface area (Å²) in [6.45, 7) is 2.20. The van der Waals surface area contributed by atoms with Crippen molar-refractivity contribution >= 4 is 28.9 Å². The Balaban J connectivity index is 3.04. The summed E-state index contributed by atoms with van der Waals surface area (Å²) in [6.07, 6.45) is 7.37. The van der Waals surface area contributed by atoms with Gasteiger partial charge >= 0.3 is 0 Å². The molecule has 0 bridgehead atoms. The topological polar surface area (TPSA) is 40.5 Å². The molecule has 2 N–H and O–H groups in total. The van der Waals surface area contributed by atoms with E-state index in [1.807, 2.05) is 0 Å². The van der Waals surface area contributed by atoms with Gasteiger partial charge in [0, 0.05) is 5.75 Å². The SMILES string of the molecule is CCCCCCCCSP(O)(O)=S. The van der Waals surface area contributed by atoms with Crippen LogP contribution in [0.3, 0.4) is 0 Å². The second-order valence-electron chi connectivity index (χ2n) is 3.09. The molecule has 0 aliphatic rings. The molecule has 0 saturated heterocycles. The molecule has 5 heteroatoms. The summed E-state index contributed by atoms with van der Waals surface area (Å²) in [4.78, 5) is 17.8. The van der Waals surface area contributed by atoms with E-state index in [0.29, 0.717) is 0 Å². The van der Waals surface area contributed by atoms with Crippen LogP contribution in [0.1, 0.15) is 45.4 Å². The number of unbranched alkanes of at least 4 members (excludes halogenated alkanes) is 5.